The van der Waals surface area contributed by atoms with Crippen molar-refractivity contribution in [2.75, 3.05) is 54.0 Å². The maximum Gasteiger partial charge on any atom is 0.417 e. The number of carbonyl (C=O) groups is 3. The Morgan fingerprint density at radius 3 is 2.37 bits per heavy atom. The van der Waals surface area contributed by atoms with E-state index in [-0.39, 0.29) is 22.6 Å². The van der Waals surface area contributed by atoms with Gasteiger partial charge in [0.2, 0.25) is 11.8 Å². The first-order valence-corrected chi connectivity index (χ1v) is 20.4. The number of nitrogens with zero attached hydrogens (tertiary/aromatic N) is 5. The summed E-state index contributed by atoms with van der Waals surface area (Å²) in [7, 11) is 0. The van der Waals surface area contributed by atoms with Crippen molar-refractivity contribution in [2.45, 2.75) is 63.6 Å². The van der Waals surface area contributed by atoms with Crippen molar-refractivity contribution in [3.05, 3.63) is 95.7 Å². The summed E-state index contributed by atoms with van der Waals surface area (Å²) < 4.78 is 53.1. The Morgan fingerprint density at radius 1 is 0.917 bits per heavy atom. The number of piperidine rings is 1. The third-order valence-corrected chi connectivity index (χ3v) is 12.1. The zero-order valence-electron chi connectivity index (χ0n) is 33.2. The number of fused-ring (bicyclic) bond motifs is 3. The lowest BCUT2D eigenvalue weighted by molar-refractivity contribution is -0.138. The number of piperazine rings is 1. The van der Waals surface area contributed by atoms with Gasteiger partial charge in [0.1, 0.15) is 16.9 Å². The van der Waals surface area contributed by atoms with Gasteiger partial charge >= 0.3 is 6.18 Å². The number of benzene rings is 4. The van der Waals surface area contributed by atoms with Gasteiger partial charge < -0.3 is 19.0 Å². The second kappa shape index (κ2) is 16.2. The highest BCUT2D eigenvalue weighted by Crippen LogP contribution is 2.41. The van der Waals surface area contributed by atoms with Crippen LogP contribution in [0.5, 0.6) is 5.75 Å². The SMILES string of the molecule is CC1(C)C(=O)N(c2ccc(C#N)c(C(F)(F)F)c2)C(=S)N1c1ccc(N2CCN(CCCCCOc3ccc4c(ccc5occ(C6CCC(=O)NC6=O)c54)c3)CC2)cc1. The maximum atomic E-state index is 13.7. The zero-order valence-corrected chi connectivity index (χ0v) is 34.0. The van der Waals surface area contributed by atoms with Crippen molar-refractivity contribution in [3.63, 3.8) is 0 Å². The summed E-state index contributed by atoms with van der Waals surface area (Å²) in [5.74, 6) is -0.649. The minimum atomic E-state index is -4.77. The fourth-order valence-corrected chi connectivity index (χ4v) is 9.03. The summed E-state index contributed by atoms with van der Waals surface area (Å²) in [5, 5.41) is 14.6. The van der Waals surface area contributed by atoms with Gasteiger partial charge in [0.05, 0.1) is 41.7 Å². The van der Waals surface area contributed by atoms with E-state index in [1.54, 1.807) is 31.1 Å². The summed E-state index contributed by atoms with van der Waals surface area (Å²) in [5.41, 5.74) is 0.320. The average molecular weight is 837 g/mol. The number of carbonyl (C=O) groups excluding carboxylic acids is 3. The van der Waals surface area contributed by atoms with E-state index in [1.807, 2.05) is 54.6 Å². The molecule has 1 aromatic heterocycles. The summed E-state index contributed by atoms with van der Waals surface area (Å²) in [6, 6.07) is 22.3. The predicted octanol–water partition coefficient (Wildman–Crippen LogP) is 8.28. The monoisotopic (exact) mass is 836 g/mol. The van der Waals surface area contributed by atoms with Gasteiger partial charge in [0, 0.05) is 54.9 Å². The number of hydrogen-bond acceptors (Lipinski definition) is 9. The van der Waals surface area contributed by atoms with E-state index in [1.165, 1.54) is 6.07 Å². The van der Waals surface area contributed by atoms with Crippen LogP contribution in [0.4, 0.5) is 30.2 Å². The summed E-state index contributed by atoms with van der Waals surface area (Å²) in [6.45, 7) is 8.51. The number of furan rings is 1. The molecule has 5 aromatic rings. The fraction of sp³-hybridized carbons (Fsp3) is 0.356. The van der Waals surface area contributed by atoms with E-state index < -0.39 is 34.7 Å². The average Bonchev–Trinajstić information content (AvgIpc) is 3.73. The van der Waals surface area contributed by atoms with Crippen LogP contribution in [0.1, 0.15) is 68.6 Å². The molecule has 1 N–H and O–H groups in total. The molecule has 0 saturated carbocycles. The van der Waals surface area contributed by atoms with Crippen molar-refractivity contribution in [3.8, 4) is 11.8 Å². The van der Waals surface area contributed by atoms with Crippen LogP contribution in [0.3, 0.4) is 0 Å². The second-order valence-corrected chi connectivity index (χ2v) is 16.3. The van der Waals surface area contributed by atoms with Crippen LogP contribution < -0.4 is 24.8 Å². The van der Waals surface area contributed by atoms with Gasteiger partial charge in [-0.25, -0.2) is 0 Å². The predicted molar refractivity (Wildman–Crippen MR) is 226 cm³/mol. The van der Waals surface area contributed by atoms with Crippen LogP contribution >= 0.6 is 12.2 Å². The Balaban J connectivity index is 0.800. The van der Waals surface area contributed by atoms with E-state index >= 15 is 0 Å². The minimum absolute atomic E-state index is 0.0431. The smallest absolute Gasteiger partial charge is 0.417 e. The lowest BCUT2D eigenvalue weighted by atomic mass is 9.89. The normalized spacial score (nSPS) is 18.7. The van der Waals surface area contributed by atoms with E-state index in [0.29, 0.717) is 30.7 Å². The van der Waals surface area contributed by atoms with Gasteiger partial charge in [0.25, 0.3) is 5.91 Å². The van der Waals surface area contributed by atoms with Crippen molar-refractivity contribution < 1.29 is 36.7 Å². The van der Waals surface area contributed by atoms with E-state index in [9.17, 15) is 32.8 Å². The largest absolute Gasteiger partial charge is 0.494 e. The Bertz CT molecular complexity index is 2540. The molecule has 3 fully saturated rings. The standard InChI is InChI=1S/C45H43F3N6O5S/c1-44(2)42(57)53(32-8-6-29(26-49)37(25-32)45(46,47)48)43(60)54(44)31-11-9-30(10-12-31)52-21-19-51(20-22-52)18-4-3-5-23-58-33-13-14-34-28(24-33)7-16-38-40(34)36(27-59-38)35-15-17-39(55)50-41(35)56/h6-14,16,24-25,27,35H,3-5,15,17-23H2,1-2H3,(H,50,55,56). The van der Waals surface area contributed by atoms with Crippen LogP contribution in [0.25, 0.3) is 21.7 Å². The fourth-order valence-electron chi connectivity index (χ4n) is 8.51. The van der Waals surface area contributed by atoms with Gasteiger partial charge in [0.15, 0.2) is 5.11 Å². The van der Waals surface area contributed by atoms with Gasteiger partial charge in [-0.05, 0) is 136 Å². The number of halogens is 3. The number of alkyl halides is 3. The Hall–Kier alpha value is -5.98. The minimum Gasteiger partial charge on any atom is -0.494 e. The molecule has 3 aliphatic rings. The number of nitrogens with one attached hydrogen (secondary N) is 1. The number of thiocarbonyl (C=S) groups is 1. The highest BCUT2D eigenvalue weighted by atomic mass is 32.1. The molecule has 3 amide bonds. The highest BCUT2D eigenvalue weighted by molar-refractivity contribution is 7.81. The molecule has 11 nitrogen and oxygen atoms in total. The van der Waals surface area contributed by atoms with Crippen LogP contribution in [0.2, 0.25) is 0 Å². The first-order chi connectivity index (χ1) is 28.7. The number of unbranched alkanes of at least 4 members (excludes halogenated alkanes) is 2. The number of anilines is 3. The molecule has 3 saturated heterocycles. The topological polar surface area (TPSA) is 122 Å². The maximum absolute atomic E-state index is 13.7. The van der Waals surface area contributed by atoms with Crippen molar-refractivity contribution in [2.24, 2.45) is 0 Å². The zero-order chi connectivity index (χ0) is 42.3. The molecule has 0 spiro atoms. The number of rotatable bonds is 11. The Morgan fingerprint density at radius 2 is 1.65 bits per heavy atom. The van der Waals surface area contributed by atoms with Crippen molar-refractivity contribution in [1.82, 2.24) is 10.2 Å². The molecular weight excluding hydrogens is 794 g/mol. The lowest BCUT2D eigenvalue weighted by Gasteiger charge is -2.36. The van der Waals surface area contributed by atoms with Crippen LogP contribution in [-0.2, 0) is 20.6 Å². The first-order valence-electron chi connectivity index (χ1n) is 20.0. The molecule has 4 heterocycles. The quantitative estimate of drug-likeness (QED) is 0.0791. The molecule has 0 aliphatic carbocycles. The molecule has 1 atom stereocenters. The van der Waals surface area contributed by atoms with E-state index in [4.69, 9.17) is 21.4 Å². The van der Waals surface area contributed by atoms with Gasteiger partial charge in [-0.2, -0.15) is 18.4 Å². The molecular formula is C45H43F3N6O5S. The summed E-state index contributed by atoms with van der Waals surface area (Å²) in [6.07, 6.45) is 0.630. The molecule has 4 aromatic carbocycles. The highest BCUT2D eigenvalue weighted by Gasteiger charge is 2.50. The molecule has 310 valence electrons. The van der Waals surface area contributed by atoms with Gasteiger partial charge in [-0.15, -0.1) is 0 Å². The molecule has 3 aliphatic heterocycles. The van der Waals surface area contributed by atoms with Gasteiger partial charge in [-0.1, -0.05) is 6.07 Å². The van der Waals surface area contributed by atoms with E-state index in [0.717, 1.165) is 102 Å². The Labute approximate surface area is 350 Å². The van der Waals surface area contributed by atoms with Crippen molar-refractivity contribution in [1.29, 1.82) is 5.26 Å². The van der Waals surface area contributed by atoms with E-state index in [2.05, 4.69) is 15.1 Å². The number of nitriles is 1. The molecule has 0 radical (unpaired) electrons. The van der Waals surface area contributed by atoms with Gasteiger partial charge in [-0.3, -0.25) is 29.5 Å². The Kier molecular flexibility index (Phi) is 11.0. The number of amides is 3. The lowest BCUT2D eigenvalue weighted by Crippen LogP contribution is -2.46. The molecule has 1 unspecified atom stereocenters. The third kappa shape index (κ3) is 7.77. The number of ether oxygens (including phenoxy) is 1. The number of hydrogen-bond donors (Lipinski definition) is 1. The summed E-state index contributed by atoms with van der Waals surface area (Å²) in [4.78, 5) is 45.4. The molecule has 8 rings (SSSR count). The molecule has 0 bridgehead atoms. The van der Waals surface area contributed by atoms with Crippen LogP contribution in [-0.4, -0.2) is 72.6 Å². The second-order valence-electron chi connectivity index (χ2n) is 15.9. The number of imide groups is 1. The van der Waals surface area contributed by atoms with Crippen LogP contribution in [0, 0.1) is 11.3 Å². The first kappa shape index (κ1) is 40.8. The third-order valence-electron chi connectivity index (χ3n) is 11.8. The molecule has 15 heteroatoms. The molecule has 60 heavy (non-hydrogen) atoms. The summed E-state index contributed by atoms with van der Waals surface area (Å²) >= 11 is 5.70. The van der Waals surface area contributed by atoms with Crippen molar-refractivity contribution >= 4 is 73.9 Å². The van der Waals surface area contributed by atoms with Crippen LogP contribution in [0.15, 0.2) is 83.5 Å².